The number of furan rings is 1. The second-order valence-corrected chi connectivity index (χ2v) is 4.86. The van der Waals surface area contributed by atoms with E-state index in [4.69, 9.17) is 4.42 Å². The molecule has 3 nitrogen and oxygen atoms in total. The van der Waals surface area contributed by atoms with Crippen LogP contribution < -0.4 is 5.32 Å². The summed E-state index contributed by atoms with van der Waals surface area (Å²) in [5.74, 6) is 1.88. The van der Waals surface area contributed by atoms with Gasteiger partial charge < -0.3 is 9.73 Å². The molecule has 1 atom stereocenters. The third kappa shape index (κ3) is 2.32. The molecule has 0 saturated heterocycles. The maximum atomic E-state index is 5.98. The lowest BCUT2D eigenvalue weighted by Crippen LogP contribution is -2.14. The third-order valence-electron chi connectivity index (χ3n) is 3.61. The molecule has 102 valence electrons. The lowest BCUT2D eigenvalue weighted by molar-refractivity contribution is 0.431. The molecular formula is C17H18N2O. The summed E-state index contributed by atoms with van der Waals surface area (Å²) in [7, 11) is 1.96. The predicted octanol–water partition coefficient (Wildman–Crippen LogP) is 4.17. The first-order valence-corrected chi connectivity index (χ1v) is 6.94. The summed E-state index contributed by atoms with van der Waals surface area (Å²) in [6.45, 7) is 2.14. The highest BCUT2D eigenvalue weighted by Crippen LogP contribution is 2.28. The first kappa shape index (κ1) is 12.9. The van der Waals surface area contributed by atoms with Crippen molar-refractivity contribution >= 4 is 10.9 Å². The minimum absolute atomic E-state index is 0.269. The summed E-state index contributed by atoms with van der Waals surface area (Å²) >= 11 is 0. The minimum atomic E-state index is 0.269. The van der Waals surface area contributed by atoms with Gasteiger partial charge in [-0.1, -0.05) is 13.0 Å². The van der Waals surface area contributed by atoms with Gasteiger partial charge in [-0.3, -0.25) is 4.98 Å². The number of hydrogen-bond acceptors (Lipinski definition) is 3. The summed E-state index contributed by atoms with van der Waals surface area (Å²) < 4.78 is 5.98. The van der Waals surface area contributed by atoms with Gasteiger partial charge in [-0.15, -0.1) is 0 Å². The molecule has 0 bridgehead atoms. The summed E-state index contributed by atoms with van der Waals surface area (Å²) in [4.78, 5) is 4.34. The summed E-state index contributed by atoms with van der Waals surface area (Å²) in [6, 6.07) is 14.6. The van der Waals surface area contributed by atoms with Gasteiger partial charge in [-0.05, 0) is 49.9 Å². The Hall–Kier alpha value is -2.13. The number of aromatic nitrogens is 1. The van der Waals surface area contributed by atoms with E-state index in [0.717, 1.165) is 34.4 Å². The monoisotopic (exact) mass is 266 g/mol. The number of nitrogens with one attached hydrogen (secondary N) is 1. The van der Waals surface area contributed by atoms with Crippen LogP contribution in [0.2, 0.25) is 0 Å². The van der Waals surface area contributed by atoms with Crippen LogP contribution in [-0.2, 0) is 0 Å². The molecule has 0 aliphatic rings. The van der Waals surface area contributed by atoms with E-state index in [2.05, 4.69) is 35.4 Å². The first-order valence-electron chi connectivity index (χ1n) is 6.94. The highest BCUT2D eigenvalue weighted by molar-refractivity contribution is 5.83. The third-order valence-corrected chi connectivity index (χ3v) is 3.61. The van der Waals surface area contributed by atoms with Gasteiger partial charge in [0, 0.05) is 17.1 Å². The average Bonchev–Trinajstić information content (AvgIpc) is 2.98. The Labute approximate surface area is 118 Å². The number of hydrogen-bond donors (Lipinski definition) is 1. The molecule has 0 fully saturated rings. The van der Waals surface area contributed by atoms with E-state index in [1.165, 1.54) is 0 Å². The molecular weight excluding hydrogens is 248 g/mol. The van der Waals surface area contributed by atoms with Gasteiger partial charge in [-0.2, -0.15) is 0 Å². The molecule has 1 N–H and O–H groups in total. The van der Waals surface area contributed by atoms with E-state index in [-0.39, 0.29) is 6.04 Å². The number of nitrogens with zero attached hydrogens (tertiary/aromatic N) is 1. The number of fused-ring (bicyclic) bond motifs is 1. The van der Waals surface area contributed by atoms with Crippen LogP contribution in [0.1, 0.15) is 25.1 Å². The fraction of sp³-hybridized carbons (Fsp3) is 0.235. The zero-order valence-electron chi connectivity index (χ0n) is 11.8. The van der Waals surface area contributed by atoms with Crippen molar-refractivity contribution in [3.8, 4) is 11.3 Å². The van der Waals surface area contributed by atoms with Crippen LogP contribution in [0.4, 0.5) is 0 Å². The fourth-order valence-corrected chi connectivity index (χ4v) is 2.47. The van der Waals surface area contributed by atoms with E-state index < -0.39 is 0 Å². The van der Waals surface area contributed by atoms with Crippen LogP contribution in [0.25, 0.3) is 22.2 Å². The van der Waals surface area contributed by atoms with E-state index in [9.17, 15) is 0 Å². The van der Waals surface area contributed by atoms with Gasteiger partial charge in [-0.25, -0.2) is 0 Å². The zero-order valence-corrected chi connectivity index (χ0v) is 11.8. The molecule has 20 heavy (non-hydrogen) atoms. The molecule has 3 heteroatoms. The largest absolute Gasteiger partial charge is 0.459 e. The normalized spacial score (nSPS) is 12.7. The van der Waals surface area contributed by atoms with Crippen LogP contribution in [-0.4, -0.2) is 12.0 Å². The van der Waals surface area contributed by atoms with Gasteiger partial charge >= 0.3 is 0 Å². The van der Waals surface area contributed by atoms with Crippen molar-refractivity contribution in [1.29, 1.82) is 0 Å². The van der Waals surface area contributed by atoms with Crippen LogP contribution in [0, 0.1) is 0 Å². The minimum Gasteiger partial charge on any atom is -0.459 e. The van der Waals surface area contributed by atoms with Gasteiger partial charge in [0.15, 0.2) is 0 Å². The van der Waals surface area contributed by atoms with Crippen LogP contribution in [0.5, 0.6) is 0 Å². The molecule has 0 spiro atoms. The molecule has 1 aromatic carbocycles. The second-order valence-electron chi connectivity index (χ2n) is 4.86. The van der Waals surface area contributed by atoms with Crippen molar-refractivity contribution in [2.45, 2.75) is 19.4 Å². The maximum Gasteiger partial charge on any atom is 0.134 e. The molecule has 0 aliphatic carbocycles. The highest BCUT2D eigenvalue weighted by atomic mass is 16.3. The molecule has 3 rings (SSSR count). The summed E-state index contributed by atoms with van der Waals surface area (Å²) in [5, 5.41) is 4.39. The Morgan fingerprint density at radius 1 is 1.20 bits per heavy atom. The zero-order chi connectivity index (χ0) is 13.9. The first-order chi connectivity index (χ1) is 9.81. The van der Waals surface area contributed by atoms with Crippen LogP contribution in [0.3, 0.4) is 0 Å². The molecule has 1 unspecified atom stereocenters. The fourth-order valence-electron chi connectivity index (χ4n) is 2.47. The van der Waals surface area contributed by atoms with Gasteiger partial charge in [0.1, 0.15) is 11.5 Å². The summed E-state index contributed by atoms with van der Waals surface area (Å²) in [6.07, 6.45) is 2.82. The van der Waals surface area contributed by atoms with Crippen molar-refractivity contribution in [3.05, 3.63) is 54.4 Å². The Balaban J connectivity index is 1.98. The van der Waals surface area contributed by atoms with Gasteiger partial charge in [0.25, 0.3) is 0 Å². The van der Waals surface area contributed by atoms with Gasteiger partial charge in [0.2, 0.25) is 0 Å². The van der Waals surface area contributed by atoms with Crippen molar-refractivity contribution in [3.63, 3.8) is 0 Å². The maximum absolute atomic E-state index is 5.98. The molecule has 2 aromatic heterocycles. The molecule has 0 radical (unpaired) electrons. The van der Waals surface area contributed by atoms with Crippen molar-refractivity contribution in [2.24, 2.45) is 0 Å². The van der Waals surface area contributed by atoms with Crippen LogP contribution >= 0.6 is 0 Å². The number of pyridine rings is 1. The predicted molar refractivity (Wildman–Crippen MR) is 81.5 cm³/mol. The highest BCUT2D eigenvalue weighted by Gasteiger charge is 2.12. The SMILES string of the molecule is CCC(NC)c1ccc(-c2ccc3ncccc3c2)o1. The Morgan fingerprint density at radius 3 is 2.90 bits per heavy atom. The average molecular weight is 266 g/mol. The smallest absolute Gasteiger partial charge is 0.134 e. The number of benzene rings is 1. The van der Waals surface area contributed by atoms with E-state index >= 15 is 0 Å². The van der Waals surface area contributed by atoms with E-state index in [1.807, 2.05) is 37.5 Å². The van der Waals surface area contributed by atoms with Crippen molar-refractivity contribution in [2.75, 3.05) is 7.05 Å². The quantitative estimate of drug-likeness (QED) is 0.770. The van der Waals surface area contributed by atoms with E-state index in [1.54, 1.807) is 0 Å². The Bertz CT molecular complexity index is 714. The lowest BCUT2D eigenvalue weighted by Gasteiger charge is -2.10. The van der Waals surface area contributed by atoms with Crippen LogP contribution in [0.15, 0.2) is 53.1 Å². The lowest BCUT2D eigenvalue weighted by atomic mass is 10.1. The summed E-state index contributed by atoms with van der Waals surface area (Å²) in [5.41, 5.74) is 2.09. The molecule has 0 aliphatic heterocycles. The molecule has 3 aromatic rings. The molecule has 2 heterocycles. The molecule has 0 amide bonds. The van der Waals surface area contributed by atoms with Gasteiger partial charge in [0.05, 0.1) is 11.6 Å². The van der Waals surface area contributed by atoms with Crippen molar-refractivity contribution < 1.29 is 4.42 Å². The second kappa shape index (κ2) is 5.47. The molecule has 0 saturated carbocycles. The standard InChI is InChI=1S/C17H18N2O/c1-3-14(18-2)17-9-8-16(20-17)13-6-7-15-12(11-13)5-4-10-19-15/h4-11,14,18H,3H2,1-2H3. The number of rotatable bonds is 4. The van der Waals surface area contributed by atoms with E-state index in [0.29, 0.717) is 0 Å². The Morgan fingerprint density at radius 2 is 2.10 bits per heavy atom. The van der Waals surface area contributed by atoms with Crippen molar-refractivity contribution in [1.82, 2.24) is 10.3 Å². The topological polar surface area (TPSA) is 38.1 Å². The Kier molecular flexibility index (Phi) is 3.52.